The average molecular weight is 468 g/mol. The average Bonchev–Trinajstić information content (AvgIpc) is 3.01. The standard InChI is InChI=1S/C26H34FN5O2/c1-20-24(21(2)32(28-20)23-9-7-22(27)8-10-23)11-12-25(33)31-17-15-29(16-18-31)19-26(34)30-13-5-3-4-6-14-30/h7-12H,3-6,13-19H2,1-2H3. The van der Waals surface area contributed by atoms with E-state index < -0.39 is 0 Å². The van der Waals surface area contributed by atoms with Crippen molar-refractivity contribution in [3.8, 4) is 5.69 Å². The Morgan fingerprint density at radius 1 is 0.912 bits per heavy atom. The highest BCUT2D eigenvalue weighted by molar-refractivity contribution is 5.92. The molecule has 1 aromatic heterocycles. The lowest BCUT2D eigenvalue weighted by atomic mass is 10.1. The Bertz CT molecular complexity index is 1030. The number of piperazine rings is 1. The largest absolute Gasteiger partial charge is 0.342 e. The van der Waals surface area contributed by atoms with Gasteiger partial charge in [0.25, 0.3) is 0 Å². The summed E-state index contributed by atoms with van der Waals surface area (Å²) in [5.41, 5.74) is 3.37. The molecule has 2 aliphatic heterocycles. The van der Waals surface area contributed by atoms with Crippen LogP contribution in [0.3, 0.4) is 0 Å². The quantitative estimate of drug-likeness (QED) is 0.634. The van der Waals surface area contributed by atoms with Crippen LogP contribution in [-0.4, -0.2) is 82.1 Å². The van der Waals surface area contributed by atoms with Gasteiger partial charge in [-0.2, -0.15) is 5.10 Å². The third-order valence-corrected chi connectivity index (χ3v) is 6.81. The molecule has 4 rings (SSSR count). The molecule has 0 unspecified atom stereocenters. The molecule has 34 heavy (non-hydrogen) atoms. The zero-order valence-electron chi connectivity index (χ0n) is 20.2. The van der Waals surface area contributed by atoms with Crippen molar-refractivity contribution in [1.82, 2.24) is 24.5 Å². The number of hydrogen-bond acceptors (Lipinski definition) is 4. The Morgan fingerprint density at radius 2 is 1.56 bits per heavy atom. The maximum absolute atomic E-state index is 13.3. The second-order valence-corrected chi connectivity index (χ2v) is 9.20. The number of halogens is 1. The van der Waals surface area contributed by atoms with E-state index in [2.05, 4.69) is 10.00 Å². The first-order valence-electron chi connectivity index (χ1n) is 12.2. The van der Waals surface area contributed by atoms with Gasteiger partial charge in [-0.25, -0.2) is 9.07 Å². The van der Waals surface area contributed by atoms with Crippen LogP contribution in [0, 0.1) is 19.7 Å². The van der Waals surface area contributed by atoms with Crippen molar-refractivity contribution < 1.29 is 14.0 Å². The molecule has 2 aromatic rings. The summed E-state index contributed by atoms with van der Waals surface area (Å²) in [7, 11) is 0. The number of likely N-dealkylation sites (tertiary alicyclic amines) is 1. The van der Waals surface area contributed by atoms with Gasteiger partial charge in [0.2, 0.25) is 11.8 Å². The normalized spacial score (nSPS) is 17.9. The first-order valence-corrected chi connectivity index (χ1v) is 12.2. The van der Waals surface area contributed by atoms with E-state index in [1.165, 1.54) is 25.0 Å². The van der Waals surface area contributed by atoms with Crippen LogP contribution in [-0.2, 0) is 9.59 Å². The van der Waals surface area contributed by atoms with Crippen molar-refractivity contribution >= 4 is 17.9 Å². The van der Waals surface area contributed by atoms with Crippen LogP contribution >= 0.6 is 0 Å². The molecule has 2 amide bonds. The summed E-state index contributed by atoms with van der Waals surface area (Å²) in [6.07, 6.45) is 8.04. The van der Waals surface area contributed by atoms with Crippen LogP contribution in [0.15, 0.2) is 30.3 Å². The molecule has 2 aliphatic rings. The van der Waals surface area contributed by atoms with Crippen molar-refractivity contribution in [3.63, 3.8) is 0 Å². The number of carbonyl (C=O) groups is 2. The van der Waals surface area contributed by atoms with Crippen LogP contribution in [0.2, 0.25) is 0 Å². The minimum Gasteiger partial charge on any atom is -0.342 e. The van der Waals surface area contributed by atoms with Crippen LogP contribution in [0.25, 0.3) is 11.8 Å². The van der Waals surface area contributed by atoms with E-state index in [1.807, 2.05) is 29.7 Å². The first kappa shape index (κ1) is 24.1. The fourth-order valence-corrected chi connectivity index (χ4v) is 4.73. The number of nitrogens with zero attached hydrogens (tertiary/aromatic N) is 5. The van der Waals surface area contributed by atoms with Crippen LogP contribution < -0.4 is 0 Å². The molecule has 0 bridgehead atoms. The molecular formula is C26H34FN5O2. The van der Waals surface area contributed by atoms with Crippen LogP contribution in [0.5, 0.6) is 0 Å². The number of aromatic nitrogens is 2. The lowest BCUT2D eigenvalue weighted by molar-refractivity contribution is -0.133. The molecule has 0 saturated carbocycles. The summed E-state index contributed by atoms with van der Waals surface area (Å²) in [5, 5.41) is 4.56. The van der Waals surface area contributed by atoms with Gasteiger partial charge in [-0.05, 0) is 57.0 Å². The van der Waals surface area contributed by atoms with Gasteiger partial charge in [0.1, 0.15) is 5.82 Å². The summed E-state index contributed by atoms with van der Waals surface area (Å²) < 4.78 is 15.0. The van der Waals surface area contributed by atoms with E-state index >= 15 is 0 Å². The number of benzene rings is 1. The third kappa shape index (κ3) is 5.73. The van der Waals surface area contributed by atoms with Gasteiger partial charge in [0.15, 0.2) is 0 Å². The van der Waals surface area contributed by atoms with Gasteiger partial charge in [0.05, 0.1) is 17.9 Å². The van der Waals surface area contributed by atoms with Crippen LogP contribution in [0.1, 0.15) is 42.6 Å². The van der Waals surface area contributed by atoms with Gasteiger partial charge >= 0.3 is 0 Å². The maximum Gasteiger partial charge on any atom is 0.246 e. The van der Waals surface area contributed by atoms with Gasteiger partial charge in [-0.1, -0.05) is 12.8 Å². The molecule has 0 spiro atoms. The summed E-state index contributed by atoms with van der Waals surface area (Å²) in [6, 6.07) is 6.19. The van der Waals surface area contributed by atoms with Crippen molar-refractivity contribution in [1.29, 1.82) is 0 Å². The lowest BCUT2D eigenvalue weighted by Crippen LogP contribution is -2.51. The topological polar surface area (TPSA) is 61.7 Å². The van der Waals surface area contributed by atoms with E-state index in [-0.39, 0.29) is 17.6 Å². The van der Waals surface area contributed by atoms with Crippen molar-refractivity contribution in [3.05, 3.63) is 53.1 Å². The van der Waals surface area contributed by atoms with Crippen molar-refractivity contribution in [2.45, 2.75) is 39.5 Å². The summed E-state index contributed by atoms with van der Waals surface area (Å²) in [4.78, 5) is 31.4. The second-order valence-electron chi connectivity index (χ2n) is 9.20. The highest BCUT2D eigenvalue weighted by atomic mass is 19.1. The number of amides is 2. The molecule has 7 nitrogen and oxygen atoms in total. The molecule has 0 atom stereocenters. The van der Waals surface area contributed by atoms with Crippen LogP contribution in [0.4, 0.5) is 4.39 Å². The number of aryl methyl sites for hydroxylation is 1. The van der Waals surface area contributed by atoms with E-state index in [4.69, 9.17) is 0 Å². The SMILES string of the molecule is Cc1nn(-c2ccc(F)cc2)c(C)c1C=CC(=O)N1CCN(CC(=O)N2CCCCCC2)CC1. The van der Waals surface area contributed by atoms with E-state index in [1.54, 1.807) is 22.9 Å². The predicted molar refractivity (Wildman–Crippen MR) is 130 cm³/mol. The maximum atomic E-state index is 13.3. The first-order chi connectivity index (χ1) is 16.4. The fourth-order valence-electron chi connectivity index (χ4n) is 4.73. The fraction of sp³-hybridized carbons (Fsp3) is 0.500. The minimum atomic E-state index is -0.289. The Morgan fingerprint density at radius 3 is 2.21 bits per heavy atom. The van der Waals surface area contributed by atoms with Gasteiger partial charge in [-0.15, -0.1) is 0 Å². The monoisotopic (exact) mass is 467 g/mol. The molecule has 182 valence electrons. The Labute approximate surface area is 200 Å². The van der Waals surface area contributed by atoms with Gasteiger partial charge in [-0.3, -0.25) is 14.5 Å². The molecule has 2 fully saturated rings. The Kier molecular flexibility index (Phi) is 7.77. The Hall–Kier alpha value is -3.00. The summed E-state index contributed by atoms with van der Waals surface area (Å²) >= 11 is 0. The molecule has 2 saturated heterocycles. The molecule has 0 N–H and O–H groups in total. The molecule has 8 heteroatoms. The zero-order chi connectivity index (χ0) is 24.1. The van der Waals surface area contributed by atoms with Gasteiger partial charge in [0, 0.05) is 56.6 Å². The predicted octanol–water partition coefficient (Wildman–Crippen LogP) is 3.19. The molecule has 3 heterocycles. The van der Waals surface area contributed by atoms with E-state index in [0.29, 0.717) is 32.7 Å². The molecule has 1 aromatic carbocycles. The Balaban J connectivity index is 1.31. The molecular weight excluding hydrogens is 433 g/mol. The molecule has 0 radical (unpaired) electrons. The zero-order valence-corrected chi connectivity index (χ0v) is 20.2. The minimum absolute atomic E-state index is 0.0353. The van der Waals surface area contributed by atoms with E-state index in [9.17, 15) is 14.0 Å². The second kappa shape index (κ2) is 11.0. The third-order valence-electron chi connectivity index (χ3n) is 6.81. The smallest absolute Gasteiger partial charge is 0.246 e. The van der Waals surface area contributed by atoms with E-state index in [0.717, 1.165) is 48.6 Å². The number of carbonyl (C=O) groups excluding carboxylic acids is 2. The summed E-state index contributed by atoms with van der Waals surface area (Å²) in [5.74, 6) is -0.111. The van der Waals surface area contributed by atoms with Gasteiger partial charge < -0.3 is 9.80 Å². The number of hydrogen-bond donors (Lipinski definition) is 0. The van der Waals surface area contributed by atoms with Crippen molar-refractivity contribution in [2.24, 2.45) is 0 Å². The highest BCUT2D eigenvalue weighted by Gasteiger charge is 2.24. The molecule has 0 aliphatic carbocycles. The highest BCUT2D eigenvalue weighted by Crippen LogP contribution is 2.20. The number of rotatable bonds is 5. The van der Waals surface area contributed by atoms with Crippen molar-refractivity contribution in [2.75, 3.05) is 45.8 Å². The summed E-state index contributed by atoms with van der Waals surface area (Å²) in [6.45, 7) is 8.67. The lowest BCUT2D eigenvalue weighted by Gasteiger charge is -2.34.